The van der Waals surface area contributed by atoms with Crippen molar-refractivity contribution in [1.82, 2.24) is 15.0 Å². The van der Waals surface area contributed by atoms with Crippen LogP contribution >= 0.6 is 0 Å². The van der Waals surface area contributed by atoms with Crippen molar-refractivity contribution in [2.75, 3.05) is 0 Å². The molecule has 0 aliphatic carbocycles. The minimum atomic E-state index is -1.21. The van der Waals surface area contributed by atoms with Gasteiger partial charge in [0, 0.05) is 35.6 Å². The first-order chi connectivity index (χ1) is 14.0. The van der Waals surface area contributed by atoms with Crippen molar-refractivity contribution in [1.29, 1.82) is 0 Å². The SMILES string of the molecule is [N-]=[N+]=Nc1nc(N=[N+]=[N-])[n+]([O-])c(/N=N/c2[n+]([O-])c(N=[N+]=[N-])nc(N=[N+]=[N-])[n+]2[O-])n1. The fourth-order valence-corrected chi connectivity index (χ4v) is 1.45. The molecule has 2 aromatic heterocycles. The third kappa shape index (κ3) is 4.09. The van der Waals surface area contributed by atoms with Crippen molar-refractivity contribution >= 4 is 35.7 Å². The second-order valence-corrected chi connectivity index (χ2v) is 3.98. The molecule has 2 aromatic rings. The second kappa shape index (κ2) is 8.57. The number of hydrogen-bond donors (Lipinski definition) is 0. The quantitative estimate of drug-likeness (QED) is 0.229. The Balaban J connectivity index is 2.73. The maximum absolute atomic E-state index is 12.0. The Labute approximate surface area is 154 Å². The van der Waals surface area contributed by atoms with E-state index in [2.05, 4.69) is 65.3 Å². The molecule has 2 heterocycles. The van der Waals surface area contributed by atoms with Crippen molar-refractivity contribution < 1.29 is 14.2 Å². The van der Waals surface area contributed by atoms with Crippen LogP contribution in [0.15, 0.2) is 30.7 Å². The van der Waals surface area contributed by atoms with Crippen LogP contribution in [0, 0.1) is 15.6 Å². The van der Waals surface area contributed by atoms with E-state index in [9.17, 15) is 15.6 Å². The molecule has 29 heavy (non-hydrogen) atoms. The molecule has 0 aliphatic heterocycles. The first kappa shape index (κ1) is 19.6. The van der Waals surface area contributed by atoms with E-state index in [0.717, 1.165) is 0 Å². The standard InChI is InChI=1S/C6N20O3/c7-20-14-1-11-2(24(27)3(12-1)16-21-8)15-19-6-25(28)4(17-22-9)13-5(18-23-10)26(6)29/b19-15+. The predicted molar refractivity (Wildman–Crippen MR) is 82.5 cm³/mol. The molecule has 0 bridgehead atoms. The van der Waals surface area contributed by atoms with Crippen molar-refractivity contribution in [3.05, 3.63) is 57.4 Å². The van der Waals surface area contributed by atoms with E-state index in [1.165, 1.54) is 0 Å². The summed E-state index contributed by atoms with van der Waals surface area (Å²) in [7, 11) is 0. The molecule has 23 heteroatoms. The number of aromatic nitrogens is 6. The van der Waals surface area contributed by atoms with Crippen LogP contribution in [-0.4, -0.2) is 15.0 Å². The highest BCUT2D eigenvalue weighted by Gasteiger charge is 2.25. The van der Waals surface area contributed by atoms with Gasteiger partial charge in [0.25, 0.3) is 5.11 Å². The molecule has 0 radical (unpaired) electrons. The number of azo groups is 1. The van der Waals surface area contributed by atoms with Crippen LogP contribution in [0.25, 0.3) is 41.8 Å². The van der Waals surface area contributed by atoms with Gasteiger partial charge in [-0.25, -0.2) is 4.73 Å². The monoisotopic (exact) mass is 400 g/mol. The maximum atomic E-state index is 12.0. The smallest absolute Gasteiger partial charge is 0.477 e. The van der Waals surface area contributed by atoms with Crippen LogP contribution in [0.5, 0.6) is 0 Å². The summed E-state index contributed by atoms with van der Waals surface area (Å²) in [5.74, 6) is -5.77. The van der Waals surface area contributed by atoms with Crippen LogP contribution in [0.4, 0.5) is 35.7 Å². The van der Waals surface area contributed by atoms with Crippen molar-refractivity contribution in [2.45, 2.75) is 0 Å². The number of rotatable bonds is 6. The zero-order valence-corrected chi connectivity index (χ0v) is 13.2. The van der Waals surface area contributed by atoms with Gasteiger partial charge in [0.1, 0.15) is 5.11 Å². The van der Waals surface area contributed by atoms with Crippen molar-refractivity contribution in [2.24, 2.45) is 30.7 Å². The van der Waals surface area contributed by atoms with E-state index in [1.807, 2.05) is 0 Å². The van der Waals surface area contributed by atoms with Gasteiger partial charge in [0.15, 0.2) is 4.91 Å². The third-order valence-electron chi connectivity index (χ3n) is 2.46. The van der Waals surface area contributed by atoms with Gasteiger partial charge in [0.05, 0.1) is 5.11 Å². The number of hydrogen-bond acceptors (Lipinski definition) is 12. The summed E-state index contributed by atoms with van der Waals surface area (Å²) in [4.78, 5) is 19.2. The molecule has 0 atom stereocenters. The van der Waals surface area contributed by atoms with Gasteiger partial charge in [-0.1, -0.05) is 9.97 Å². The fourth-order valence-electron chi connectivity index (χ4n) is 1.45. The van der Waals surface area contributed by atoms with Crippen molar-refractivity contribution in [3.8, 4) is 0 Å². The average molecular weight is 400 g/mol. The maximum Gasteiger partial charge on any atom is 0.477 e. The molecular weight excluding hydrogens is 400 g/mol. The van der Waals surface area contributed by atoms with Gasteiger partial charge in [0.2, 0.25) is 0 Å². The highest BCUT2D eigenvalue weighted by molar-refractivity contribution is 5.26. The van der Waals surface area contributed by atoms with Crippen molar-refractivity contribution in [3.63, 3.8) is 0 Å². The van der Waals surface area contributed by atoms with E-state index in [0.29, 0.717) is 0 Å². The largest absolute Gasteiger partial charge is 0.762 e. The summed E-state index contributed by atoms with van der Waals surface area (Å²) in [6, 6.07) is 0. The Morgan fingerprint density at radius 2 is 1.03 bits per heavy atom. The molecule has 2 rings (SSSR count). The lowest BCUT2D eigenvalue weighted by molar-refractivity contribution is -0.711. The van der Waals surface area contributed by atoms with Gasteiger partial charge >= 0.3 is 35.7 Å². The minimum Gasteiger partial charge on any atom is -0.762 e. The van der Waals surface area contributed by atoms with Crippen LogP contribution in [0.1, 0.15) is 0 Å². The molecule has 0 aliphatic rings. The Morgan fingerprint density at radius 1 is 0.586 bits per heavy atom. The summed E-state index contributed by atoms with van der Waals surface area (Å²) in [6.07, 6.45) is 0. The third-order valence-corrected chi connectivity index (χ3v) is 2.46. The summed E-state index contributed by atoms with van der Waals surface area (Å²) < 4.78 is -1.06. The van der Waals surface area contributed by atoms with Gasteiger partial charge in [-0.15, -0.1) is 0 Å². The van der Waals surface area contributed by atoms with Crippen LogP contribution < -0.4 is 14.2 Å². The van der Waals surface area contributed by atoms with E-state index >= 15 is 0 Å². The molecular formula is C6N20O3. The normalized spacial score (nSPS) is 9.66. The molecule has 0 fully saturated rings. The molecule has 0 N–H and O–H groups in total. The zero-order chi connectivity index (χ0) is 21.4. The van der Waals surface area contributed by atoms with Gasteiger partial charge in [-0.2, -0.15) is 9.46 Å². The van der Waals surface area contributed by atoms with Gasteiger partial charge in [-0.3, -0.25) is 0 Å². The van der Waals surface area contributed by atoms with E-state index in [-0.39, 0.29) is 4.73 Å². The number of nitrogens with zero attached hydrogens (tertiary/aromatic N) is 20. The first-order valence-electron chi connectivity index (χ1n) is 6.37. The topological polar surface area (TPSA) is 339 Å². The molecule has 0 amide bonds. The molecule has 0 spiro atoms. The van der Waals surface area contributed by atoms with E-state index < -0.39 is 45.2 Å². The molecule has 0 unspecified atom stereocenters. The predicted octanol–water partition coefficient (Wildman–Crippen LogP) is 1.95. The lowest BCUT2D eigenvalue weighted by atomic mass is 10.8. The summed E-state index contributed by atoms with van der Waals surface area (Å²) in [5, 5.41) is 54.0. The summed E-state index contributed by atoms with van der Waals surface area (Å²) in [5.41, 5.74) is 33.6. The number of azide groups is 4. The van der Waals surface area contributed by atoms with Gasteiger partial charge < -0.3 is 15.6 Å². The summed E-state index contributed by atoms with van der Waals surface area (Å²) >= 11 is 0. The molecule has 23 nitrogen and oxygen atoms in total. The second-order valence-electron chi connectivity index (χ2n) is 3.98. The molecule has 0 aromatic carbocycles. The van der Waals surface area contributed by atoms with Crippen LogP contribution in [0.3, 0.4) is 0 Å². The van der Waals surface area contributed by atoms with Crippen LogP contribution in [-0.2, 0) is 0 Å². The zero-order valence-electron chi connectivity index (χ0n) is 13.2. The van der Waals surface area contributed by atoms with E-state index in [4.69, 9.17) is 22.1 Å². The molecule has 142 valence electrons. The Bertz CT molecular complexity index is 1160. The minimum absolute atomic E-state index is 0.270. The molecule has 0 saturated carbocycles. The van der Waals surface area contributed by atoms with Gasteiger partial charge in [-0.05, 0) is 21.6 Å². The fraction of sp³-hybridized carbons (Fsp3) is 0. The summed E-state index contributed by atoms with van der Waals surface area (Å²) in [6.45, 7) is 0. The van der Waals surface area contributed by atoms with Crippen LogP contribution in [0.2, 0.25) is 0 Å². The Hall–Kier alpha value is -5.74. The highest BCUT2D eigenvalue weighted by Crippen LogP contribution is 2.17. The lowest BCUT2D eigenvalue weighted by Gasteiger charge is -2.09. The highest BCUT2D eigenvalue weighted by atomic mass is 16.5. The molecule has 0 saturated heterocycles. The van der Waals surface area contributed by atoms with E-state index in [1.54, 1.807) is 0 Å². The Kier molecular flexibility index (Phi) is 5.79. The first-order valence-corrected chi connectivity index (χ1v) is 6.37. The Morgan fingerprint density at radius 3 is 1.52 bits per heavy atom. The lowest BCUT2D eigenvalue weighted by Crippen LogP contribution is -2.43. The average Bonchev–Trinajstić information content (AvgIpc) is 2.69.